The maximum atomic E-state index is 14.8. The lowest BCUT2D eigenvalue weighted by Crippen LogP contribution is -2.65. The van der Waals surface area contributed by atoms with Gasteiger partial charge in [-0.1, -0.05) is 93.9 Å². The Hall–Kier alpha value is -6.71. The number of aromatic nitrogens is 1. The van der Waals surface area contributed by atoms with Gasteiger partial charge in [0, 0.05) is 49.3 Å². The average molecular weight is 863 g/mol. The summed E-state index contributed by atoms with van der Waals surface area (Å²) in [5, 5.41) is 15.1. The van der Waals surface area contributed by atoms with Crippen LogP contribution in [0.4, 0.5) is 0 Å². The van der Waals surface area contributed by atoms with Crippen molar-refractivity contribution in [2.45, 2.75) is 115 Å². The van der Waals surface area contributed by atoms with Gasteiger partial charge in [0.25, 0.3) is 0 Å². The van der Waals surface area contributed by atoms with Gasteiger partial charge >= 0.3 is 0 Å². The first kappa shape index (κ1) is 47.3. The number of carbonyl (C=O) groups is 6. The molecule has 1 aliphatic rings. The number of benzene rings is 3. The fourth-order valence-electron chi connectivity index (χ4n) is 8.14. The summed E-state index contributed by atoms with van der Waals surface area (Å²) in [4.78, 5) is 89.6. The van der Waals surface area contributed by atoms with E-state index in [1.165, 1.54) is 5.56 Å². The smallest absolute Gasteiger partial charge is 0.246 e. The van der Waals surface area contributed by atoms with Crippen LogP contribution in [-0.2, 0) is 54.5 Å². The Morgan fingerprint density at radius 3 is 2.21 bits per heavy atom. The largest absolute Gasteiger partial charge is 0.370 e. The van der Waals surface area contributed by atoms with Crippen molar-refractivity contribution < 1.29 is 28.8 Å². The number of rotatable bonds is 22. The lowest BCUT2D eigenvalue weighted by molar-refractivity contribution is -0.137. The van der Waals surface area contributed by atoms with Crippen LogP contribution < -0.4 is 43.8 Å². The summed E-state index contributed by atoms with van der Waals surface area (Å²) in [6.07, 6.45) is 4.95. The van der Waals surface area contributed by atoms with Crippen LogP contribution in [0.2, 0.25) is 0 Å². The first-order valence-corrected chi connectivity index (χ1v) is 21.7. The number of fused-ring (bicyclic) bond motifs is 2. The Morgan fingerprint density at radius 2 is 1.49 bits per heavy atom. The first-order valence-electron chi connectivity index (χ1n) is 21.7. The van der Waals surface area contributed by atoms with Crippen molar-refractivity contribution in [3.8, 4) is 0 Å². The van der Waals surface area contributed by atoms with Gasteiger partial charge in [0.1, 0.15) is 23.7 Å². The van der Waals surface area contributed by atoms with E-state index in [2.05, 4.69) is 56.5 Å². The number of primary amides is 1. The van der Waals surface area contributed by atoms with Crippen LogP contribution in [-0.4, -0.2) is 83.1 Å². The van der Waals surface area contributed by atoms with Crippen molar-refractivity contribution >= 4 is 52.3 Å². The van der Waals surface area contributed by atoms with Gasteiger partial charge in [-0.15, -0.1) is 0 Å². The summed E-state index contributed by atoms with van der Waals surface area (Å²) in [6.45, 7) is 5.93. The third-order valence-corrected chi connectivity index (χ3v) is 11.4. The minimum Gasteiger partial charge on any atom is -0.370 e. The summed E-state index contributed by atoms with van der Waals surface area (Å²) in [5.74, 6) is -3.42. The molecule has 16 heteroatoms. The summed E-state index contributed by atoms with van der Waals surface area (Å²) >= 11 is 0. The van der Waals surface area contributed by atoms with Gasteiger partial charge in [-0.2, -0.15) is 0 Å². The number of nitrogens with two attached hydrogens (primary N) is 3. The highest BCUT2D eigenvalue weighted by Gasteiger charge is 2.44. The summed E-state index contributed by atoms with van der Waals surface area (Å²) in [5.41, 5.74) is 20.7. The standard InChI is InChI=1S/C47H62N10O6/c1-4-5-20-41(59)57-47(22-21-34-31(26-47)15-11-17-33(34)29(2)3)45(63)56-38(24-30-13-7-6-8-14-30)44(62)54-37(19-12-23-51-46(49)50)43(61)55-39(42(60)53-28-40(48)58)25-32-27-52-36-18-10-9-16-35(32)36/h6-11,13-18,27,29,37-39,52H,4-5,12,19-26,28H2,1-3H3,(H2,48,58)(H,53,60)(H,54,62)(H,55,61)(H,56,63)(H,57,59)(H4,49,50,51)/t37-,38+,39-,47+/m0/s1. The van der Waals surface area contributed by atoms with Gasteiger partial charge in [0.05, 0.1) is 6.54 Å². The Labute approximate surface area is 368 Å². The highest BCUT2D eigenvalue weighted by atomic mass is 16.2. The summed E-state index contributed by atoms with van der Waals surface area (Å²) in [7, 11) is 0. The Balaban J connectivity index is 1.45. The molecule has 0 bridgehead atoms. The molecule has 1 aliphatic carbocycles. The number of aromatic amines is 1. The molecule has 12 N–H and O–H groups in total. The second-order valence-corrected chi connectivity index (χ2v) is 16.6. The number of para-hydroxylation sites is 1. The molecule has 0 unspecified atom stereocenters. The van der Waals surface area contributed by atoms with Gasteiger partial charge in [0.15, 0.2) is 5.96 Å². The second-order valence-electron chi connectivity index (χ2n) is 16.6. The number of carbonyl (C=O) groups excluding carboxylic acids is 6. The number of guanidine groups is 1. The molecule has 5 rings (SSSR count). The molecular weight excluding hydrogens is 801 g/mol. The van der Waals surface area contributed by atoms with Crippen LogP contribution in [0.1, 0.15) is 93.0 Å². The molecule has 0 fully saturated rings. The van der Waals surface area contributed by atoms with Crippen molar-refractivity contribution in [1.82, 2.24) is 31.6 Å². The van der Waals surface area contributed by atoms with E-state index in [4.69, 9.17) is 17.2 Å². The maximum Gasteiger partial charge on any atom is 0.246 e. The molecule has 0 saturated carbocycles. The van der Waals surface area contributed by atoms with Crippen LogP contribution in [0.15, 0.2) is 84.0 Å². The number of unbranched alkanes of at least 4 members (excludes halogenated alkanes) is 1. The number of nitrogens with one attached hydrogen (secondary N) is 6. The van der Waals surface area contributed by atoms with E-state index in [0.29, 0.717) is 19.3 Å². The first-order chi connectivity index (χ1) is 30.2. The van der Waals surface area contributed by atoms with Gasteiger partial charge in [-0.05, 0) is 71.9 Å². The van der Waals surface area contributed by atoms with Crippen molar-refractivity contribution in [2.24, 2.45) is 22.2 Å². The number of amides is 6. The number of nitrogens with zero attached hydrogens (tertiary/aromatic N) is 1. The predicted octanol–water partition coefficient (Wildman–Crippen LogP) is 2.42. The molecule has 336 valence electrons. The molecule has 1 aromatic heterocycles. The highest BCUT2D eigenvalue weighted by Crippen LogP contribution is 2.34. The third-order valence-electron chi connectivity index (χ3n) is 11.4. The van der Waals surface area contributed by atoms with Crippen LogP contribution in [0.5, 0.6) is 0 Å². The molecular formula is C47H62N10O6. The number of hydrogen-bond donors (Lipinski definition) is 9. The van der Waals surface area contributed by atoms with Crippen LogP contribution in [0.3, 0.4) is 0 Å². The van der Waals surface area contributed by atoms with Gasteiger partial charge in [-0.25, -0.2) is 0 Å². The average Bonchev–Trinajstić information content (AvgIpc) is 3.67. The molecule has 6 amide bonds. The van der Waals surface area contributed by atoms with Gasteiger partial charge < -0.3 is 48.8 Å². The van der Waals surface area contributed by atoms with Crippen molar-refractivity contribution in [1.29, 1.82) is 0 Å². The third kappa shape index (κ3) is 13.1. The zero-order chi connectivity index (χ0) is 45.5. The van der Waals surface area contributed by atoms with Gasteiger partial charge in [0.2, 0.25) is 35.4 Å². The number of hydrogen-bond acceptors (Lipinski definition) is 7. The quantitative estimate of drug-likeness (QED) is 0.0321. The minimum absolute atomic E-state index is 0.0373. The lowest BCUT2D eigenvalue weighted by atomic mass is 9.74. The summed E-state index contributed by atoms with van der Waals surface area (Å²) < 4.78 is 0. The second kappa shape index (κ2) is 22.4. The van der Waals surface area contributed by atoms with E-state index >= 15 is 0 Å². The predicted molar refractivity (Wildman–Crippen MR) is 243 cm³/mol. The lowest BCUT2D eigenvalue weighted by Gasteiger charge is -2.39. The molecule has 0 saturated heterocycles. The Bertz CT molecular complexity index is 2270. The molecule has 16 nitrogen and oxygen atoms in total. The monoisotopic (exact) mass is 862 g/mol. The molecule has 0 spiro atoms. The van der Waals surface area contributed by atoms with E-state index in [-0.39, 0.29) is 62.9 Å². The Morgan fingerprint density at radius 1 is 0.794 bits per heavy atom. The van der Waals surface area contributed by atoms with E-state index in [1.807, 2.05) is 73.7 Å². The van der Waals surface area contributed by atoms with E-state index < -0.39 is 59.7 Å². The number of aliphatic imine (C=N–C) groups is 1. The normalized spacial score (nSPS) is 15.9. The Kier molecular flexibility index (Phi) is 16.8. The molecule has 63 heavy (non-hydrogen) atoms. The molecule has 0 aliphatic heterocycles. The molecule has 4 aromatic rings. The molecule has 4 atom stereocenters. The fraction of sp³-hybridized carbons (Fsp3) is 0.426. The van der Waals surface area contributed by atoms with Crippen molar-refractivity contribution in [2.75, 3.05) is 13.1 Å². The van der Waals surface area contributed by atoms with E-state index in [1.54, 1.807) is 6.20 Å². The molecule has 0 radical (unpaired) electrons. The highest BCUT2D eigenvalue weighted by molar-refractivity contribution is 5.98. The van der Waals surface area contributed by atoms with Crippen molar-refractivity contribution in [3.63, 3.8) is 0 Å². The van der Waals surface area contributed by atoms with E-state index in [9.17, 15) is 28.8 Å². The van der Waals surface area contributed by atoms with Crippen molar-refractivity contribution in [3.05, 3.63) is 107 Å². The van der Waals surface area contributed by atoms with Crippen LogP contribution in [0, 0.1) is 0 Å². The zero-order valence-corrected chi connectivity index (χ0v) is 36.4. The van der Waals surface area contributed by atoms with Gasteiger partial charge in [-0.3, -0.25) is 33.8 Å². The minimum atomic E-state index is -1.35. The topological polar surface area (TPSA) is 269 Å². The maximum absolute atomic E-state index is 14.8. The van der Waals surface area contributed by atoms with Crippen LogP contribution >= 0.6 is 0 Å². The molecule has 3 aromatic carbocycles. The fourth-order valence-corrected chi connectivity index (χ4v) is 8.14. The summed E-state index contributed by atoms with van der Waals surface area (Å²) in [6, 6.07) is 19.1. The zero-order valence-electron chi connectivity index (χ0n) is 36.4. The number of H-pyrrole nitrogens is 1. The van der Waals surface area contributed by atoms with E-state index in [0.717, 1.165) is 39.6 Å². The SMILES string of the molecule is CCCCC(=O)N[C@]1(C(=O)N[C@H](Cc2ccccc2)C(=O)N[C@@H](CCCN=C(N)N)C(=O)N[C@@H](Cc2c[nH]c3ccccc23)C(=O)NCC(N)=O)CCc2c(cccc2C(C)C)C1. The molecule has 1 heterocycles. The van der Waals surface area contributed by atoms with Crippen LogP contribution in [0.25, 0.3) is 10.9 Å².